The van der Waals surface area contributed by atoms with Crippen molar-refractivity contribution in [1.82, 2.24) is 5.32 Å². The molecular formula is C18H24N2O3. The van der Waals surface area contributed by atoms with E-state index < -0.39 is 11.8 Å². The van der Waals surface area contributed by atoms with Gasteiger partial charge in [-0.05, 0) is 49.8 Å². The summed E-state index contributed by atoms with van der Waals surface area (Å²) < 4.78 is 5.25. The Bertz CT molecular complexity index is 583. The van der Waals surface area contributed by atoms with E-state index in [-0.39, 0.29) is 6.10 Å². The topological polar surface area (TPSA) is 67.4 Å². The summed E-state index contributed by atoms with van der Waals surface area (Å²) in [6.07, 6.45) is 7.26. The number of anilines is 1. The number of hydrogen-bond donors (Lipinski definition) is 2. The van der Waals surface area contributed by atoms with E-state index in [1.165, 1.54) is 0 Å². The fraction of sp³-hybridized carbons (Fsp3) is 0.444. The molecule has 1 aromatic rings. The van der Waals surface area contributed by atoms with Gasteiger partial charge in [0, 0.05) is 19.3 Å². The van der Waals surface area contributed by atoms with Crippen LogP contribution >= 0.6 is 0 Å². The molecule has 1 aromatic carbocycles. The predicted octanol–water partition coefficient (Wildman–Crippen LogP) is 2.81. The second-order valence-electron chi connectivity index (χ2n) is 5.82. The summed E-state index contributed by atoms with van der Waals surface area (Å²) in [5.74, 6) is -0.814. The van der Waals surface area contributed by atoms with Crippen molar-refractivity contribution in [2.45, 2.75) is 32.3 Å². The van der Waals surface area contributed by atoms with Crippen molar-refractivity contribution in [3.05, 3.63) is 42.0 Å². The van der Waals surface area contributed by atoms with Gasteiger partial charge >= 0.3 is 11.8 Å². The van der Waals surface area contributed by atoms with Crippen LogP contribution in [0.1, 0.15) is 37.9 Å². The molecule has 5 nitrogen and oxygen atoms in total. The van der Waals surface area contributed by atoms with E-state index >= 15 is 0 Å². The number of carbonyl (C=O) groups excluding carboxylic acids is 2. The Kier molecular flexibility index (Phi) is 6.35. The van der Waals surface area contributed by atoms with Gasteiger partial charge in [-0.25, -0.2) is 0 Å². The zero-order valence-electron chi connectivity index (χ0n) is 13.7. The lowest BCUT2D eigenvalue weighted by molar-refractivity contribution is -0.136. The smallest absolute Gasteiger partial charge is 0.313 e. The molecule has 0 heterocycles. The largest absolute Gasteiger partial charge is 0.377 e. The summed E-state index contributed by atoms with van der Waals surface area (Å²) in [6, 6.07) is 7.31. The van der Waals surface area contributed by atoms with Gasteiger partial charge in [-0.3, -0.25) is 9.59 Å². The highest BCUT2D eigenvalue weighted by Crippen LogP contribution is 2.19. The summed E-state index contributed by atoms with van der Waals surface area (Å²) in [6.45, 7) is 2.46. The quantitative estimate of drug-likeness (QED) is 0.648. The van der Waals surface area contributed by atoms with E-state index in [4.69, 9.17) is 4.74 Å². The minimum absolute atomic E-state index is 0.0694. The zero-order valence-corrected chi connectivity index (χ0v) is 13.7. The molecule has 2 atom stereocenters. The van der Waals surface area contributed by atoms with Gasteiger partial charge < -0.3 is 15.4 Å². The number of carbonyl (C=O) groups is 2. The molecule has 23 heavy (non-hydrogen) atoms. The van der Waals surface area contributed by atoms with E-state index in [2.05, 4.69) is 22.8 Å². The van der Waals surface area contributed by atoms with Crippen molar-refractivity contribution in [3.8, 4) is 0 Å². The predicted molar refractivity (Wildman–Crippen MR) is 90.0 cm³/mol. The highest BCUT2D eigenvalue weighted by atomic mass is 16.5. The van der Waals surface area contributed by atoms with Gasteiger partial charge in [0.15, 0.2) is 0 Å². The fourth-order valence-electron chi connectivity index (χ4n) is 2.55. The van der Waals surface area contributed by atoms with Crippen LogP contribution in [0, 0.1) is 5.92 Å². The number of allylic oxidation sites excluding steroid dienone is 2. The molecule has 0 aliphatic heterocycles. The Morgan fingerprint density at radius 3 is 2.83 bits per heavy atom. The van der Waals surface area contributed by atoms with Gasteiger partial charge in [-0.15, -0.1) is 0 Å². The van der Waals surface area contributed by atoms with Crippen LogP contribution < -0.4 is 10.6 Å². The van der Waals surface area contributed by atoms with Crippen LogP contribution in [0.4, 0.5) is 5.69 Å². The lowest BCUT2D eigenvalue weighted by Gasteiger charge is -2.18. The number of ether oxygens (including phenoxy) is 1. The monoisotopic (exact) mass is 316 g/mol. The third-order valence-electron chi connectivity index (χ3n) is 4.10. The van der Waals surface area contributed by atoms with Crippen molar-refractivity contribution < 1.29 is 14.3 Å². The first-order valence-corrected chi connectivity index (χ1v) is 7.97. The minimum Gasteiger partial charge on any atom is -0.377 e. The molecule has 5 heteroatoms. The van der Waals surface area contributed by atoms with Crippen molar-refractivity contribution >= 4 is 17.5 Å². The SMILES string of the molecule is CO[C@@H](C)c1cccc(NC(=O)C(=O)NC[C@H]2CC=CCC2)c1. The number of nitrogens with one attached hydrogen (secondary N) is 2. The standard InChI is InChI=1S/C18H24N2O3/c1-13(23-2)15-9-6-10-16(11-15)20-18(22)17(21)19-12-14-7-4-3-5-8-14/h3-4,6,9-11,13-14H,5,7-8,12H2,1-2H3,(H,19,21)(H,20,22)/t13-,14-/m0/s1. The third-order valence-corrected chi connectivity index (χ3v) is 4.10. The van der Waals surface area contributed by atoms with Crippen molar-refractivity contribution in [2.24, 2.45) is 5.92 Å². The number of methoxy groups -OCH3 is 1. The van der Waals surface area contributed by atoms with Gasteiger partial charge in [0.05, 0.1) is 6.10 Å². The molecular weight excluding hydrogens is 292 g/mol. The van der Waals surface area contributed by atoms with Crippen molar-refractivity contribution in [3.63, 3.8) is 0 Å². The Labute approximate surface area is 137 Å². The molecule has 2 rings (SSSR count). The molecule has 0 bridgehead atoms. The van der Waals surface area contributed by atoms with E-state index in [0.29, 0.717) is 18.2 Å². The Hall–Kier alpha value is -2.14. The van der Waals surface area contributed by atoms with E-state index in [1.54, 1.807) is 13.2 Å². The highest BCUT2D eigenvalue weighted by molar-refractivity contribution is 6.39. The van der Waals surface area contributed by atoms with E-state index in [9.17, 15) is 9.59 Å². The van der Waals surface area contributed by atoms with E-state index in [0.717, 1.165) is 24.8 Å². The molecule has 0 saturated heterocycles. The van der Waals surface area contributed by atoms with Gasteiger partial charge in [-0.2, -0.15) is 0 Å². The van der Waals surface area contributed by atoms with Crippen molar-refractivity contribution in [1.29, 1.82) is 0 Å². The summed E-state index contributed by atoms with van der Waals surface area (Å²) in [5, 5.41) is 5.34. The molecule has 1 aliphatic carbocycles. The normalized spacial score (nSPS) is 18.3. The average molecular weight is 316 g/mol. The molecule has 2 amide bonds. The molecule has 0 saturated carbocycles. The van der Waals surface area contributed by atoms with Gasteiger partial charge in [0.2, 0.25) is 0 Å². The lowest BCUT2D eigenvalue weighted by Crippen LogP contribution is -2.38. The number of benzene rings is 1. The number of hydrogen-bond acceptors (Lipinski definition) is 3. The summed E-state index contributed by atoms with van der Waals surface area (Å²) >= 11 is 0. The highest BCUT2D eigenvalue weighted by Gasteiger charge is 2.17. The van der Waals surface area contributed by atoms with Gasteiger partial charge in [0.1, 0.15) is 0 Å². The maximum absolute atomic E-state index is 12.0. The minimum atomic E-state index is -0.640. The maximum atomic E-state index is 12.0. The molecule has 0 aromatic heterocycles. The second kappa shape index (κ2) is 8.48. The summed E-state index contributed by atoms with van der Waals surface area (Å²) in [4.78, 5) is 23.9. The van der Waals surface area contributed by atoms with Crippen LogP contribution in [0.2, 0.25) is 0 Å². The van der Waals surface area contributed by atoms with Gasteiger partial charge in [0.25, 0.3) is 0 Å². The molecule has 0 fully saturated rings. The first-order valence-electron chi connectivity index (χ1n) is 7.97. The lowest BCUT2D eigenvalue weighted by atomic mass is 9.94. The van der Waals surface area contributed by atoms with Crippen LogP contribution in [0.25, 0.3) is 0 Å². The molecule has 124 valence electrons. The van der Waals surface area contributed by atoms with Crippen LogP contribution in [-0.4, -0.2) is 25.5 Å². The van der Waals surface area contributed by atoms with Crippen LogP contribution in [-0.2, 0) is 14.3 Å². The Morgan fingerprint density at radius 1 is 1.30 bits per heavy atom. The molecule has 0 spiro atoms. The first-order chi connectivity index (χ1) is 11.1. The number of amides is 2. The van der Waals surface area contributed by atoms with Crippen molar-refractivity contribution in [2.75, 3.05) is 19.0 Å². The molecule has 2 N–H and O–H groups in total. The second-order valence-corrected chi connectivity index (χ2v) is 5.82. The molecule has 1 aliphatic rings. The Morgan fingerprint density at radius 2 is 2.13 bits per heavy atom. The van der Waals surface area contributed by atoms with Crippen LogP contribution in [0.5, 0.6) is 0 Å². The van der Waals surface area contributed by atoms with Crippen LogP contribution in [0.15, 0.2) is 36.4 Å². The Balaban J connectivity index is 1.85. The third kappa shape index (κ3) is 5.21. The van der Waals surface area contributed by atoms with Crippen LogP contribution in [0.3, 0.4) is 0 Å². The molecule has 0 radical (unpaired) electrons. The van der Waals surface area contributed by atoms with E-state index in [1.807, 2.05) is 25.1 Å². The summed E-state index contributed by atoms with van der Waals surface area (Å²) in [7, 11) is 1.63. The zero-order chi connectivity index (χ0) is 16.7. The molecule has 0 unspecified atom stereocenters. The fourth-order valence-corrected chi connectivity index (χ4v) is 2.55. The summed E-state index contributed by atoms with van der Waals surface area (Å²) in [5.41, 5.74) is 1.53. The maximum Gasteiger partial charge on any atom is 0.313 e. The van der Waals surface area contributed by atoms with Gasteiger partial charge in [-0.1, -0.05) is 24.3 Å². The number of rotatable bonds is 5. The first kappa shape index (κ1) is 17.2. The average Bonchev–Trinajstić information content (AvgIpc) is 2.60.